The number of carboxylic acid groups (broad SMARTS) is 1. The number of benzene rings is 1. The number of anilines is 1. The second-order valence-corrected chi connectivity index (χ2v) is 4.80. The second kappa shape index (κ2) is 6.76. The Morgan fingerprint density at radius 2 is 2.24 bits per heavy atom. The first-order valence-corrected chi connectivity index (χ1v) is 7.06. The van der Waals surface area contributed by atoms with Gasteiger partial charge >= 0.3 is 5.97 Å². The van der Waals surface area contributed by atoms with Gasteiger partial charge < -0.3 is 10.4 Å². The molecule has 0 aliphatic carbocycles. The van der Waals surface area contributed by atoms with Gasteiger partial charge in [-0.15, -0.1) is 5.10 Å². The molecule has 0 aliphatic heterocycles. The molecule has 1 aromatic heterocycles. The summed E-state index contributed by atoms with van der Waals surface area (Å²) in [5.41, 5.74) is 2.64. The van der Waals surface area contributed by atoms with Crippen molar-refractivity contribution in [2.45, 2.75) is 13.3 Å². The molecule has 1 aromatic carbocycles. The van der Waals surface area contributed by atoms with E-state index in [9.17, 15) is 9.59 Å². The van der Waals surface area contributed by atoms with Gasteiger partial charge in [-0.25, -0.2) is 4.79 Å². The summed E-state index contributed by atoms with van der Waals surface area (Å²) >= 11 is 1.11. The maximum absolute atomic E-state index is 11.9. The first-order valence-electron chi connectivity index (χ1n) is 6.22. The lowest BCUT2D eigenvalue weighted by Crippen LogP contribution is -2.13. The third kappa shape index (κ3) is 3.96. The minimum Gasteiger partial charge on any atom is -0.478 e. The van der Waals surface area contributed by atoms with E-state index in [1.54, 1.807) is 17.5 Å². The largest absolute Gasteiger partial charge is 0.478 e. The van der Waals surface area contributed by atoms with Crippen molar-refractivity contribution in [1.29, 1.82) is 0 Å². The number of carbonyl (C=O) groups is 2. The molecule has 21 heavy (non-hydrogen) atoms. The van der Waals surface area contributed by atoms with Gasteiger partial charge in [-0.2, -0.15) is 0 Å². The van der Waals surface area contributed by atoms with Crippen LogP contribution < -0.4 is 5.32 Å². The second-order valence-electron chi connectivity index (χ2n) is 4.19. The van der Waals surface area contributed by atoms with Gasteiger partial charge in [0.1, 0.15) is 0 Å². The zero-order chi connectivity index (χ0) is 15.2. The van der Waals surface area contributed by atoms with E-state index in [2.05, 4.69) is 14.9 Å². The number of rotatable bonds is 5. The first-order chi connectivity index (χ1) is 10.1. The van der Waals surface area contributed by atoms with Gasteiger partial charge in [-0.05, 0) is 47.3 Å². The molecular formula is C14H13N3O3S. The van der Waals surface area contributed by atoms with E-state index in [4.69, 9.17) is 5.11 Å². The molecule has 1 amide bonds. The van der Waals surface area contributed by atoms with Crippen LogP contribution in [0.15, 0.2) is 29.7 Å². The van der Waals surface area contributed by atoms with Crippen molar-refractivity contribution in [2.24, 2.45) is 0 Å². The van der Waals surface area contributed by atoms with Gasteiger partial charge in [0.2, 0.25) is 0 Å². The number of aryl methyl sites for hydroxylation is 1. The number of carbonyl (C=O) groups excluding carboxylic acids is 1. The highest BCUT2D eigenvalue weighted by molar-refractivity contribution is 7.03. The lowest BCUT2D eigenvalue weighted by Gasteiger charge is -2.09. The summed E-state index contributed by atoms with van der Waals surface area (Å²) in [5, 5.41) is 16.7. The molecule has 2 rings (SSSR count). The summed E-state index contributed by atoms with van der Waals surface area (Å²) in [6.45, 7) is 1.96. The van der Waals surface area contributed by atoms with Crippen LogP contribution in [0, 0.1) is 0 Å². The van der Waals surface area contributed by atoms with Gasteiger partial charge in [0.05, 0.1) is 0 Å². The topological polar surface area (TPSA) is 92.2 Å². The smallest absolute Gasteiger partial charge is 0.328 e. The number of carboxylic acids is 1. The van der Waals surface area contributed by atoms with Crippen LogP contribution in [-0.2, 0) is 11.2 Å². The van der Waals surface area contributed by atoms with Crippen LogP contribution in [0.3, 0.4) is 0 Å². The minimum absolute atomic E-state index is 0.275. The van der Waals surface area contributed by atoms with Crippen molar-refractivity contribution < 1.29 is 14.7 Å². The average Bonchev–Trinajstić information content (AvgIpc) is 3.00. The van der Waals surface area contributed by atoms with Crippen LogP contribution in [0.25, 0.3) is 6.08 Å². The highest BCUT2D eigenvalue weighted by Crippen LogP contribution is 2.20. The first kappa shape index (κ1) is 14.9. The monoisotopic (exact) mass is 303 g/mol. The lowest BCUT2D eigenvalue weighted by molar-refractivity contribution is -0.131. The molecule has 7 heteroatoms. The number of nitrogens with zero attached hydrogens (tertiary/aromatic N) is 2. The standard InChI is InChI=1S/C14H13N3O3S/c1-2-10-7-9(4-6-13(18)19)3-5-11(10)15-14(20)12-8-21-17-16-12/h3-8H,2H2,1H3,(H,15,20)(H,18,19)/b6-4+. The predicted molar refractivity (Wildman–Crippen MR) is 80.4 cm³/mol. The summed E-state index contributed by atoms with van der Waals surface area (Å²) in [5.74, 6) is -1.31. The molecule has 0 atom stereocenters. The van der Waals surface area contributed by atoms with Gasteiger partial charge in [-0.1, -0.05) is 17.5 Å². The van der Waals surface area contributed by atoms with Gasteiger partial charge in [0.25, 0.3) is 5.91 Å². The van der Waals surface area contributed by atoms with Crippen molar-refractivity contribution in [3.05, 3.63) is 46.5 Å². The number of hydrogen-bond donors (Lipinski definition) is 2. The van der Waals surface area contributed by atoms with E-state index in [0.29, 0.717) is 12.1 Å². The third-order valence-electron chi connectivity index (χ3n) is 2.77. The van der Waals surface area contributed by atoms with Crippen LogP contribution in [0.4, 0.5) is 5.69 Å². The van der Waals surface area contributed by atoms with Gasteiger partial charge in [-0.3, -0.25) is 4.79 Å². The fourth-order valence-electron chi connectivity index (χ4n) is 1.75. The molecule has 108 valence electrons. The molecule has 0 aliphatic rings. The van der Waals surface area contributed by atoms with Gasteiger partial charge in [0, 0.05) is 17.1 Å². The molecule has 6 nitrogen and oxygen atoms in total. The number of hydrogen-bond acceptors (Lipinski definition) is 5. The van der Waals surface area contributed by atoms with Crippen LogP contribution in [0.2, 0.25) is 0 Å². The van der Waals surface area contributed by atoms with Crippen LogP contribution >= 0.6 is 11.5 Å². The molecule has 2 N–H and O–H groups in total. The van der Waals surface area contributed by atoms with Crippen molar-refractivity contribution in [1.82, 2.24) is 9.59 Å². The number of amides is 1. The highest BCUT2D eigenvalue weighted by atomic mass is 32.1. The Morgan fingerprint density at radius 3 is 2.86 bits per heavy atom. The summed E-state index contributed by atoms with van der Waals surface area (Å²) in [4.78, 5) is 22.5. The van der Waals surface area contributed by atoms with E-state index in [0.717, 1.165) is 28.7 Å². The highest BCUT2D eigenvalue weighted by Gasteiger charge is 2.11. The molecule has 0 spiro atoms. The fourth-order valence-corrected chi connectivity index (χ4v) is 2.19. The van der Waals surface area contributed by atoms with Crippen molar-refractivity contribution in [3.63, 3.8) is 0 Å². The maximum Gasteiger partial charge on any atom is 0.328 e. The van der Waals surface area contributed by atoms with Crippen molar-refractivity contribution >= 4 is 35.2 Å². The van der Waals surface area contributed by atoms with E-state index < -0.39 is 5.97 Å². The molecular weight excluding hydrogens is 290 g/mol. The summed E-state index contributed by atoms with van der Waals surface area (Å²) < 4.78 is 3.65. The zero-order valence-corrected chi connectivity index (χ0v) is 12.1. The Balaban J connectivity index is 2.20. The maximum atomic E-state index is 11.9. The molecule has 0 radical (unpaired) electrons. The van der Waals surface area contributed by atoms with Crippen molar-refractivity contribution in [3.8, 4) is 0 Å². The minimum atomic E-state index is -0.999. The summed E-state index contributed by atoms with van der Waals surface area (Å²) in [6.07, 6.45) is 3.30. The zero-order valence-electron chi connectivity index (χ0n) is 11.2. The summed E-state index contributed by atoms with van der Waals surface area (Å²) in [6, 6.07) is 5.33. The van der Waals surface area contributed by atoms with Crippen LogP contribution in [0.1, 0.15) is 28.5 Å². The molecule has 0 saturated carbocycles. The molecule has 1 heterocycles. The van der Waals surface area contributed by atoms with Crippen molar-refractivity contribution in [2.75, 3.05) is 5.32 Å². The molecule has 0 fully saturated rings. The quantitative estimate of drug-likeness (QED) is 0.828. The van der Waals surface area contributed by atoms with E-state index in [1.165, 1.54) is 6.08 Å². The fraction of sp³-hybridized carbons (Fsp3) is 0.143. The van der Waals surface area contributed by atoms with E-state index in [1.807, 2.05) is 13.0 Å². The predicted octanol–water partition coefficient (Wildman–Crippen LogP) is 2.45. The van der Waals surface area contributed by atoms with Crippen LogP contribution in [0.5, 0.6) is 0 Å². The Labute approximate surface area is 125 Å². The number of aliphatic carboxylic acids is 1. The lowest BCUT2D eigenvalue weighted by atomic mass is 10.1. The summed E-state index contributed by atoms with van der Waals surface area (Å²) in [7, 11) is 0. The molecule has 0 saturated heterocycles. The molecule has 0 unspecified atom stereocenters. The normalized spacial score (nSPS) is 10.7. The van der Waals surface area contributed by atoms with E-state index in [-0.39, 0.29) is 11.6 Å². The average molecular weight is 303 g/mol. The SMILES string of the molecule is CCc1cc(/C=C/C(=O)O)ccc1NC(=O)c1csnn1. The van der Waals surface area contributed by atoms with Gasteiger partial charge in [0.15, 0.2) is 5.69 Å². The molecule has 2 aromatic rings. The van der Waals surface area contributed by atoms with E-state index >= 15 is 0 Å². The third-order valence-corrected chi connectivity index (χ3v) is 3.27. The molecule has 0 bridgehead atoms. The number of nitrogens with one attached hydrogen (secondary N) is 1. The Bertz CT molecular complexity index is 681. The van der Waals surface area contributed by atoms with Crippen LogP contribution in [-0.4, -0.2) is 26.6 Å². The Kier molecular flexibility index (Phi) is 4.78. The Morgan fingerprint density at radius 1 is 1.43 bits per heavy atom. The Hall–Kier alpha value is -2.54. The number of aromatic nitrogens is 2.